The van der Waals surface area contributed by atoms with Gasteiger partial charge in [0.25, 0.3) is 5.56 Å². The number of carbonyl (C=O) groups excluding carboxylic acids is 1. The average Bonchev–Trinajstić information content (AvgIpc) is 3.51. The topological polar surface area (TPSA) is 80.9 Å². The molecule has 5 rings (SSSR count). The number of carbonyl (C=O) groups is 1. The molecule has 1 N–H and O–H groups in total. The predicted molar refractivity (Wildman–Crippen MR) is 154 cm³/mol. The first-order valence-corrected chi connectivity index (χ1v) is 14.5. The molecule has 1 atom stereocenters. The number of aromatic nitrogens is 1. The third-order valence-corrected chi connectivity index (χ3v) is 8.86. The van der Waals surface area contributed by atoms with Crippen LogP contribution in [0.15, 0.2) is 79.8 Å². The number of nitrogens with zero attached hydrogens (tertiary/aromatic N) is 2. The molecule has 3 heterocycles. The van der Waals surface area contributed by atoms with Gasteiger partial charge in [0, 0.05) is 10.4 Å². The molecule has 0 amide bonds. The molecule has 1 aliphatic rings. The fourth-order valence-corrected chi connectivity index (χ4v) is 7.30. The summed E-state index contributed by atoms with van der Waals surface area (Å²) >= 11 is 8.15. The van der Waals surface area contributed by atoms with Gasteiger partial charge in [0.1, 0.15) is 11.8 Å². The zero-order chi connectivity index (χ0) is 25.4. The molecular formula is C26H18BrIN2O4S2. The van der Waals surface area contributed by atoms with E-state index in [0.717, 1.165) is 16.0 Å². The summed E-state index contributed by atoms with van der Waals surface area (Å²) in [6, 6.07) is 16.2. The molecule has 6 nitrogen and oxygen atoms in total. The summed E-state index contributed by atoms with van der Waals surface area (Å²) in [4.78, 5) is 33.3. The van der Waals surface area contributed by atoms with Gasteiger partial charge >= 0.3 is 5.97 Å². The van der Waals surface area contributed by atoms with E-state index in [-0.39, 0.29) is 17.9 Å². The van der Waals surface area contributed by atoms with E-state index >= 15 is 0 Å². The third kappa shape index (κ3) is 4.62. The number of aromatic hydroxyl groups is 1. The quantitative estimate of drug-likeness (QED) is 0.234. The summed E-state index contributed by atoms with van der Waals surface area (Å²) in [6.45, 7) is 1.97. The third-order valence-electron chi connectivity index (χ3n) is 5.52. The van der Waals surface area contributed by atoms with E-state index in [2.05, 4.69) is 15.9 Å². The number of halogens is 2. The van der Waals surface area contributed by atoms with Crippen LogP contribution < -0.4 is 14.9 Å². The molecule has 0 spiro atoms. The van der Waals surface area contributed by atoms with Gasteiger partial charge in [-0.25, -0.2) is 9.79 Å². The molecule has 0 fully saturated rings. The second-order valence-electron chi connectivity index (χ2n) is 7.78. The Balaban J connectivity index is 1.81. The highest BCUT2D eigenvalue weighted by Gasteiger charge is 2.35. The minimum absolute atomic E-state index is 0.151. The number of phenols is 1. The Bertz CT molecular complexity index is 1650. The minimum Gasteiger partial charge on any atom is -0.506 e. The van der Waals surface area contributed by atoms with Gasteiger partial charge in [-0.2, -0.15) is 0 Å². The van der Waals surface area contributed by atoms with E-state index < -0.39 is 12.0 Å². The van der Waals surface area contributed by atoms with Crippen LogP contribution in [-0.4, -0.2) is 22.2 Å². The summed E-state index contributed by atoms with van der Waals surface area (Å²) < 4.78 is 8.72. The monoisotopic (exact) mass is 692 g/mol. The number of thiophene rings is 1. The molecule has 10 heteroatoms. The molecule has 0 radical (unpaired) electrons. The zero-order valence-corrected chi connectivity index (χ0v) is 24.2. The Morgan fingerprint density at radius 3 is 2.69 bits per heavy atom. The first-order chi connectivity index (χ1) is 17.4. The lowest BCUT2D eigenvalue weighted by Gasteiger charge is -2.24. The second kappa shape index (κ2) is 10.4. The van der Waals surface area contributed by atoms with Gasteiger partial charge in [0.05, 0.1) is 30.5 Å². The molecule has 36 heavy (non-hydrogen) atoms. The maximum atomic E-state index is 13.8. The number of fused-ring (bicyclic) bond motifs is 1. The smallest absolute Gasteiger partial charge is 0.338 e. The summed E-state index contributed by atoms with van der Waals surface area (Å²) in [5.74, 6) is -0.344. The van der Waals surface area contributed by atoms with Gasteiger partial charge in [0.15, 0.2) is 4.80 Å². The van der Waals surface area contributed by atoms with Crippen molar-refractivity contribution >= 4 is 78.9 Å². The van der Waals surface area contributed by atoms with Crippen molar-refractivity contribution in [2.75, 3.05) is 6.61 Å². The van der Waals surface area contributed by atoms with Crippen LogP contribution in [0.4, 0.5) is 0 Å². The van der Waals surface area contributed by atoms with Crippen molar-refractivity contribution in [2.45, 2.75) is 13.0 Å². The number of rotatable bonds is 5. The number of hydrogen-bond donors (Lipinski definition) is 1. The van der Waals surface area contributed by atoms with E-state index in [4.69, 9.17) is 9.73 Å². The van der Waals surface area contributed by atoms with Crippen molar-refractivity contribution in [3.63, 3.8) is 0 Å². The predicted octanol–water partition coefficient (Wildman–Crippen LogP) is 5.07. The Kier molecular flexibility index (Phi) is 7.29. The van der Waals surface area contributed by atoms with Crippen molar-refractivity contribution < 1.29 is 14.6 Å². The average molecular weight is 693 g/mol. The zero-order valence-electron chi connectivity index (χ0n) is 18.8. The van der Waals surface area contributed by atoms with Crippen molar-refractivity contribution in [1.82, 2.24) is 4.57 Å². The van der Waals surface area contributed by atoms with E-state index in [0.29, 0.717) is 28.6 Å². The first-order valence-electron chi connectivity index (χ1n) is 10.9. The fourth-order valence-electron chi connectivity index (χ4n) is 3.98. The molecule has 0 bridgehead atoms. The van der Waals surface area contributed by atoms with Crippen LogP contribution in [-0.2, 0) is 9.53 Å². The molecule has 0 saturated heterocycles. The number of phenolic OH excluding ortho intramolecular Hbond substituents is 1. The molecule has 4 aromatic rings. The summed E-state index contributed by atoms with van der Waals surface area (Å²) in [6.07, 6.45) is 1.78. The molecule has 0 saturated carbocycles. The van der Waals surface area contributed by atoms with Crippen molar-refractivity contribution in [3.05, 3.63) is 109 Å². The van der Waals surface area contributed by atoms with Crippen LogP contribution in [0.5, 0.6) is 5.75 Å². The van der Waals surface area contributed by atoms with Crippen molar-refractivity contribution in [2.24, 2.45) is 4.99 Å². The molecule has 0 unspecified atom stereocenters. The van der Waals surface area contributed by atoms with Crippen LogP contribution in [0.2, 0.25) is 0 Å². The molecular weight excluding hydrogens is 675 g/mol. The normalized spacial score (nSPS) is 15.5. The molecule has 2 aromatic carbocycles. The lowest BCUT2D eigenvalue weighted by atomic mass is 9.97. The largest absolute Gasteiger partial charge is 0.506 e. The van der Waals surface area contributed by atoms with Crippen LogP contribution in [0, 0.1) is 3.57 Å². The summed E-state index contributed by atoms with van der Waals surface area (Å²) in [5, 5.41) is 12.0. The number of esters is 1. The van der Waals surface area contributed by atoms with Crippen molar-refractivity contribution in [3.8, 4) is 5.75 Å². The molecule has 182 valence electrons. The maximum absolute atomic E-state index is 13.8. The Morgan fingerprint density at radius 1 is 1.25 bits per heavy atom. The Hall–Kier alpha value is -2.54. The van der Waals surface area contributed by atoms with Crippen LogP contribution in [0.25, 0.3) is 11.8 Å². The van der Waals surface area contributed by atoms with E-state index in [1.807, 2.05) is 70.4 Å². The highest BCUT2D eigenvalue weighted by molar-refractivity contribution is 14.1. The van der Waals surface area contributed by atoms with Gasteiger partial charge in [-0.15, -0.1) is 11.3 Å². The fraction of sp³-hybridized carbons (Fsp3) is 0.115. The molecule has 0 aliphatic carbocycles. The Labute approximate surface area is 236 Å². The highest BCUT2D eigenvalue weighted by Crippen LogP contribution is 2.37. The first kappa shape index (κ1) is 25.1. The minimum atomic E-state index is -0.663. The van der Waals surface area contributed by atoms with Crippen molar-refractivity contribution in [1.29, 1.82) is 0 Å². The van der Waals surface area contributed by atoms with Crippen LogP contribution >= 0.6 is 61.2 Å². The number of thiazole rings is 1. The van der Waals surface area contributed by atoms with Gasteiger partial charge in [-0.05, 0) is 80.7 Å². The standard InChI is InChI=1S/C26H18BrIN2O4S2/c1-2-34-25(33)20-21(15-7-4-3-5-8-15)29-26-30(22(20)18-9-6-10-35-18)24(32)19(36-26)13-14-11-16(27)23(31)17(28)12-14/h3-13,22,31H,2H2,1H3/b19-13-/t22-/m1/s1. The van der Waals surface area contributed by atoms with Gasteiger partial charge in [-0.3, -0.25) is 9.36 Å². The summed E-state index contributed by atoms with van der Waals surface area (Å²) in [5.41, 5.74) is 2.13. The number of hydrogen-bond acceptors (Lipinski definition) is 7. The lowest BCUT2D eigenvalue weighted by Crippen LogP contribution is -2.39. The van der Waals surface area contributed by atoms with E-state index in [1.54, 1.807) is 29.7 Å². The van der Waals surface area contributed by atoms with Crippen LogP contribution in [0.3, 0.4) is 0 Å². The van der Waals surface area contributed by atoms with Gasteiger partial charge in [0.2, 0.25) is 0 Å². The Morgan fingerprint density at radius 2 is 2.03 bits per heavy atom. The van der Waals surface area contributed by atoms with Gasteiger partial charge < -0.3 is 9.84 Å². The maximum Gasteiger partial charge on any atom is 0.338 e. The lowest BCUT2D eigenvalue weighted by molar-refractivity contribution is -0.138. The van der Waals surface area contributed by atoms with Crippen LogP contribution in [0.1, 0.15) is 29.0 Å². The molecule has 2 aromatic heterocycles. The van der Waals surface area contributed by atoms with E-state index in [1.165, 1.54) is 22.7 Å². The van der Waals surface area contributed by atoms with E-state index in [9.17, 15) is 14.7 Å². The van der Waals surface area contributed by atoms with Gasteiger partial charge in [-0.1, -0.05) is 47.7 Å². The SMILES string of the molecule is CCOC(=O)C1=C(c2ccccc2)N=c2s/c(=C\c3cc(Br)c(O)c(I)c3)c(=O)n2[C@@H]1c1cccs1. The number of benzene rings is 2. The second-order valence-corrected chi connectivity index (χ2v) is 11.8. The summed E-state index contributed by atoms with van der Waals surface area (Å²) in [7, 11) is 0. The molecule has 1 aliphatic heterocycles. The highest BCUT2D eigenvalue weighted by atomic mass is 127. The number of ether oxygens (including phenoxy) is 1.